The minimum atomic E-state index is -1.63. The average Bonchev–Trinajstić information content (AvgIpc) is 4.04. The highest BCUT2D eigenvalue weighted by atomic mass is 16.2. The summed E-state index contributed by atoms with van der Waals surface area (Å²) in [6, 6.07) is 6.84. The third-order valence-electron chi connectivity index (χ3n) is 12.3. The van der Waals surface area contributed by atoms with Crippen LogP contribution in [0, 0.1) is 5.41 Å². The topological polar surface area (TPSA) is 382 Å². The molecule has 1 fully saturated rings. The molecule has 0 radical (unpaired) electrons. The summed E-state index contributed by atoms with van der Waals surface area (Å²) in [5.74, 6) is -7.22. The Bertz CT molecular complexity index is 2570. The molecule has 24 nitrogen and oxygen atoms in total. The first-order chi connectivity index (χ1) is 35.5. The van der Waals surface area contributed by atoms with E-state index >= 15 is 0 Å². The van der Waals surface area contributed by atoms with E-state index in [1.807, 2.05) is 31.2 Å². The van der Waals surface area contributed by atoms with Crippen LogP contribution in [0.1, 0.15) is 88.5 Å². The van der Waals surface area contributed by atoms with E-state index in [0.29, 0.717) is 29.7 Å². The molecule has 3 heterocycles. The maximum absolute atomic E-state index is 14.6. The Morgan fingerprint density at radius 1 is 0.770 bits per heavy atom. The summed E-state index contributed by atoms with van der Waals surface area (Å²) in [5.41, 5.74) is 13.6. The van der Waals surface area contributed by atoms with Crippen LogP contribution in [0.25, 0.3) is 10.9 Å². The molecule has 0 unspecified atom stereocenters. The van der Waals surface area contributed by atoms with Crippen LogP contribution in [0.2, 0.25) is 0 Å². The zero-order valence-corrected chi connectivity index (χ0v) is 41.6. The zero-order chi connectivity index (χ0) is 53.6. The summed E-state index contributed by atoms with van der Waals surface area (Å²) in [5, 5.41) is 32.4. The van der Waals surface area contributed by atoms with Crippen LogP contribution in [0.5, 0.6) is 0 Å². The average molecular weight is 1020 g/mol. The molecule has 0 bridgehead atoms. The molecular formula is C50H69N15O9. The number of hydrogen-bond acceptors (Lipinski definition) is 11. The quantitative estimate of drug-likeness (QED) is 0.0343. The Balaban J connectivity index is 1.52. The normalized spacial score (nSPS) is 21.3. The second kappa shape index (κ2) is 28.7. The van der Waals surface area contributed by atoms with Gasteiger partial charge in [-0.25, -0.2) is 4.98 Å². The number of aromatic amines is 2. The summed E-state index contributed by atoms with van der Waals surface area (Å²) in [6.07, 6.45) is 5.78. The van der Waals surface area contributed by atoms with Gasteiger partial charge in [-0.15, -0.1) is 0 Å². The van der Waals surface area contributed by atoms with Gasteiger partial charge in [0.15, 0.2) is 5.96 Å². The Morgan fingerprint density at radius 3 is 2.09 bits per heavy atom. The van der Waals surface area contributed by atoms with Crippen LogP contribution in [0.3, 0.4) is 0 Å². The van der Waals surface area contributed by atoms with E-state index in [9.17, 15) is 43.2 Å². The van der Waals surface area contributed by atoms with E-state index in [1.54, 1.807) is 36.5 Å². The molecule has 7 atom stereocenters. The fourth-order valence-corrected chi connectivity index (χ4v) is 8.42. The van der Waals surface area contributed by atoms with Crippen molar-refractivity contribution in [2.75, 3.05) is 13.1 Å². The first kappa shape index (κ1) is 56.6. The molecule has 1 aliphatic heterocycles. The fraction of sp³-hybridized carbons (Fsp3) is 0.460. The number of carbonyl (C=O) groups excluding carboxylic acids is 9. The van der Waals surface area contributed by atoms with Gasteiger partial charge >= 0.3 is 0 Å². The first-order valence-electron chi connectivity index (χ1n) is 24.8. The molecule has 4 aromatic rings. The molecule has 1 aliphatic rings. The zero-order valence-electron chi connectivity index (χ0n) is 41.6. The number of nitrogens with zero attached hydrogens (tertiary/aromatic N) is 1. The highest BCUT2D eigenvalue weighted by Crippen LogP contribution is 2.20. The molecule has 2 aromatic heterocycles. The number of carbonyl (C=O) groups is 9. The van der Waals surface area contributed by atoms with Crippen molar-refractivity contribution in [1.82, 2.24) is 62.8 Å². The predicted molar refractivity (Wildman–Crippen MR) is 273 cm³/mol. The van der Waals surface area contributed by atoms with Gasteiger partial charge in [0, 0.05) is 62.6 Å². The Hall–Kier alpha value is -8.31. The van der Waals surface area contributed by atoms with Crippen LogP contribution < -0.4 is 59.3 Å². The smallest absolute Gasteiger partial charge is 0.243 e. The highest BCUT2D eigenvalue weighted by Gasteiger charge is 2.35. The summed E-state index contributed by atoms with van der Waals surface area (Å²) in [6.45, 7) is 3.32. The number of unbranched alkanes of at least 4 members (excludes halogenated alkanes) is 1. The molecular weight excluding hydrogens is 955 g/mol. The molecule has 0 saturated carbocycles. The number of nitrogens with one attached hydrogen (secondary N) is 12. The standard InChI is InChI=1S/C50H69N15O9/c1-3-4-16-37-45(70)63-39(23-31-26-57-34-17-9-8-15-33(31)34)47(72)60-35(43(51)68)18-10-11-20-55-42(67)25-41(65-44(69)36(59-29(2)66)19-12-21-56-50(52)53)49(74)64-40(24-32-27-54-28-58-32)48(73)62-38(46(71)61-37)22-30-13-6-5-7-14-30/h5-9,13-15,17,26-28,35-41,57H,3-4,10-12,16,18-25H2,1-2H3,(H2,51,68)(H,54,58)(H,55,67)(H,59,66)(H,60,72)(H,61,71)(H,62,73)(H,63,70)(H,64,74)(H,65,69)(H4,52,53,56)/t35-,36-,37-,38+,39-,40-,41-/m0/s1. The molecule has 398 valence electrons. The van der Waals surface area contributed by atoms with Gasteiger partial charge in [-0.3, -0.25) is 48.6 Å². The summed E-state index contributed by atoms with van der Waals surface area (Å²) >= 11 is 0. The molecule has 0 spiro atoms. The lowest BCUT2D eigenvalue weighted by molar-refractivity contribution is -0.136. The third-order valence-corrected chi connectivity index (χ3v) is 12.3. The number of para-hydroxylation sites is 1. The largest absolute Gasteiger partial charge is 0.370 e. The van der Waals surface area contributed by atoms with Gasteiger partial charge in [0.2, 0.25) is 53.2 Å². The third kappa shape index (κ3) is 18.1. The number of fused-ring (bicyclic) bond motifs is 1. The lowest BCUT2D eigenvalue weighted by atomic mass is 10.0. The maximum atomic E-state index is 14.6. The predicted octanol–water partition coefficient (Wildman–Crippen LogP) is -1.04. The van der Waals surface area contributed by atoms with E-state index in [0.717, 1.165) is 10.9 Å². The number of aromatic nitrogens is 3. The van der Waals surface area contributed by atoms with Crippen molar-refractivity contribution in [3.8, 4) is 0 Å². The van der Waals surface area contributed by atoms with Crippen molar-refractivity contribution in [3.63, 3.8) is 0 Å². The number of hydrogen-bond donors (Lipinski definition) is 14. The summed E-state index contributed by atoms with van der Waals surface area (Å²) in [4.78, 5) is 135. The van der Waals surface area contributed by atoms with Crippen molar-refractivity contribution >= 4 is 70.0 Å². The minimum Gasteiger partial charge on any atom is -0.370 e. The Morgan fingerprint density at radius 2 is 1.42 bits per heavy atom. The van der Waals surface area contributed by atoms with E-state index in [-0.39, 0.29) is 76.8 Å². The van der Waals surface area contributed by atoms with Crippen LogP contribution in [-0.4, -0.2) is 129 Å². The van der Waals surface area contributed by atoms with Crippen LogP contribution in [-0.2, 0) is 62.4 Å². The minimum absolute atomic E-state index is 0.0166. The van der Waals surface area contributed by atoms with Crippen molar-refractivity contribution in [2.45, 2.75) is 133 Å². The van der Waals surface area contributed by atoms with Crippen molar-refractivity contribution in [2.24, 2.45) is 11.5 Å². The molecule has 5 rings (SSSR count). The van der Waals surface area contributed by atoms with E-state index in [1.165, 1.54) is 19.4 Å². The van der Waals surface area contributed by atoms with Gasteiger partial charge in [-0.05, 0) is 55.7 Å². The van der Waals surface area contributed by atoms with Gasteiger partial charge in [0.05, 0.1) is 18.4 Å². The molecule has 2 aromatic carbocycles. The number of primary amides is 1. The number of imidazole rings is 1. The molecule has 1 saturated heterocycles. The molecule has 0 aliphatic carbocycles. The number of amides is 9. The SMILES string of the molecule is CCCC[C@@H]1NC(=O)[C@@H](Cc2ccccc2)NC(=O)[C@H](Cc2c[nH]cn2)NC(=O)[C@@H](NC(=O)[C@H](CCCNC(=N)N)NC(C)=O)CC(=O)NCCCC[C@@H](C(N)=O)NC(=O)[C@H](Cc2c[nH]c3ccccc23)NC1=O. The Kier molecular flexibility index (Phi) is 21.9. The monoisotopic (exact) mass is 1020 g/mol. The van der Waals surface area contributed by atoms with E-state index < -0.39 is 102 Å². The van der Waals surface area contributed by atoms with E-state index in [2.05, 4.69) is 62.8 Å². The highest BCUT2D eigenvalue weighted by molar-refractivity contribution is 5.99. The van der Waals surface area contributed by atoms with Crippen molar-refractivity contribution in [1.29, 1.82) is 5.41 Å². The fourth-order valence-electron chi connectivity index (χ4n) is 8.42. The lowest BCUT2D eigenvalue weighted by Gasteiger charge is -2.28. The van der Waals surface area contributed by atoms with Gasteiger partial charge in [0.1, 0.15) is 42.3 Å². The summed E-state index contributed by atoms with van der Waals surface area (Å²) < 4.78 is 0. The van der Waals surface area contributed by atoms with Crippen LogP contribution >= 0.6 is 0 Å². The maximum Gasteiger partial charge on any atom is 0.243 e. The number of rotatable bonds is 17. The second-order valence-electron chi connectivity index (χ2n) is 18.2. The van der Waals surface area contributed by atoms with E-state index in [4.69, 9.17) is 16.9 Å². The summed E-state index contributed by atoms with van der Waals surface area (Å²) in [7, 11) is 0. The number of benzene rings is 2. The van der Waals surface area contributed by atoms with Crippen molar-refractivity contribution < 1.29 is 43.2 Å². The number of nitrogens with two attached hydrogens (primary N) is 2. The van der Waals surface area contributed by atoms with Gasteiger partial charge in [-0.1, -0.05) is 68.3 Å². The Labute approximate surface area is 428 Å². The van der Waals surface area contributed by atoms with Gasteiger partial charge in [0.25, 0.3) is 0 Å². The van der Waals surface area contributed by atoms with Gasteiger partial charge in [-0.2, -0.15) is 0 Å². The van der Waals surface area contributed by atoms with Crippen LogP contribution in [0.15, 0.2) is 73.3 Å². The van der Waals surface area contributed by atoms with Crippen molar-refractivity contribution in [3.05, 3.63) is 90.1 Å². The number of H-pyrrole nitrogens is 2. The molecule has 16 N–H and O–H groups in total. The van der Waals surface area contributed by atoms with Gasteiger partial charge < -0.3 is 69.3 Å². The molecule has 24 heteroatoms. The first-order valence-corrected chi connectivity index (χ1v) is 24.8. The molecule has 74 heavy (non-hydrogen) atoms. The molecule has 9 amide bonds. The number of guanidine groups is 1. The van der Waals surface area contributed by atoms with Crippen LogP contribution in [0.4, 0.5) is 0 Å². The lowest BCUT2D eigenvalue weighted by Crippen LogP contribution is -2.61. The second-order valence-corrected chi connectivity index (χ2v) is 18.2.